The maximum atomic E-state index is 4.66. The third-order valence-corrected chi connectivity index (χ3v) is 9.43. The molecule has 1 atom stereocenters. The minimum atomic E-state index is 0.447. The first-order chi connectivity index (χ1) is 18.7. The molecular formula is C33H57Br2N3. The van der Waals surface area contributed by atoms with Crippen LogP contribution in [-0.2, 0) is 0 Å². The molecule has 0 aliphatic rings. The summed E-state index contributed by atoms with van der Waals surface area (Å²) >= 11 is 7.46. The number of rotatable bonds is 25. The third kappa shape index (κ3) is 13.8. The summed E-state index contributed by atoms with van der Waals surface area (Å²) in [6.07, 6.45) is 33.1. The average molecular weight is 656 g/mol. The van der Waals surface area contributed by atoms with Crippen LogP contribution in [0.25, 0.3) is 11.0 Å². The van der Waals surface area contributed by atoms with Gasteiger partial charge in [-0.15, -0.1) is 5.10 Å². The van der Waals surface area contributed by atoms with Crippen molar-refractivity contribution in [1.82, 2.24) is 15.0 Å². The van der Waals surface area contributed by atoms with E-state index in [9.17, 15) is 0 Å². The van der Waals surface area contributed by atoms with Crippen LogP contribution in [0.1, 0.15) is 174 Å². The van der Waals surface area contributed by atoms with Crippen molar-refractivity contribution in [1.29, 1.82) is 0 Å². The molecule has 1 aromatic heterocycles. The van der Waals surface area contributed by atoms with E-state index < -0.39 is 0 Å². The van der Waals surface area contributed by atoms with E-state index in [0.29, 0.717) is 6.04 Å². The monoisotopic (exact) mass is 653 g/mol. The molecule has 3 nitrogen and oxygen atoms in total. The minimum absolute atomic E-state index is 0.447. The van der Waals surface area contributed by atoms with E-state index in [0.717, 1.165) is 20.0 Å². The molecule has 218 valence electrons. The van der Waals surface area contributed by atoms with E-state index in [1.54, 1.807) is 0 Å². The van der Waals surface area contributed by atoms with Crippen LogP contribution in [0, 0.1) is 0 Å². The summed E-state index contributed by atoms with van der Waals surface area (Å²) in [7, 11) is 0. The molecule has 0 aliphatic heterocycles. The normalized spacial score (nSPS) is 12.5. The fourth-order valence-electron chi connectivity index (χ4n) is 5.71. The molecule has 0 spiro atoms. The Morgan fingerprint density at radius 2 is 0.921 bits per heavy atom. The van der Waals surface area contributed by atoms with Crippen molar-refractivity contribution in [2.75, 3.05) is 0 Å². The molecule has 0 aliphatic carbocycles. The second-order valence-electron chi connectivity index (χ2n) is 11.6. The minimum Gasteiger partial charge on any atom is -0.240 e. The van der Waals surface area contributed by atoms with Crippen molar-refractivity contribution in [2.45, 2.75) is 174 Å². The van der Waals surface area contributed by atoms with E-state index in [2.05, 4.69) is 72.8 Å². The zero-order chi connectivity index (χ0) is 27.3. The van der Waals surface area contributed by atoms with E-state index in [4.69, 9.17) is 0 Å². The SMILES string of the molecule is CCCCCCCCCCCCCCC(CCCCCCCCCCCC)n1nnc2c(Br)ccc(Br)c21. The maximum Gasteiger partial charge on any atom is 0.128 e. The van der Waals surface area contributed by atoms with Crippen LogP contribution >= 0.6 is 31.9 Å². The predicted octanol–water partition coefficient (Wildman–Crippen LogP) is 12.9. The van der Waals surface area contributed by atoms with Crippen LogP contribution in [0.3, 0.4) is 0 Å². The van der Waals surface area contributed by atoms with Gasteiger partial charge in [-0.2, -0.15) is 0 Å². The lowest BCUT2D eigenvalue weighted by Crippen LogP contribution is -2.11. The Labute approximate surface area is 251 Å². The molecule has 0 radical (unpaired) electrons. The molecule has 1 aromatic carbocycles. The van der Waals surface area contributed by atoms with Crippen LogP contribution in [0.4, 0.5) is 0 Å². The summed E-state index contributed by atoms with van der Waals surface area (Å²) in [5, 5.41) is 9.21. The van der Waals surface area contributed by atoms with Gasteiger partial charge in [0.1, 0.15) is 11.0 Å². The number of unbranched alkanes of at least 4 members (excludes halogenated alkanes) is 20. The van der Waals surface area contributed by atoms with Gasteiger partial charge in [-0.3, -0.25) is 0 Å². The van der Waals surface area contributed by atoms with Gasteiger partial charge < -0.3 is 0 Å². The second kappa shape index (κ2) is 22.3. The van der Waals surface area contributed by atoms with Gasteiger partial charge in [0, 0.05) is 8.95 Å². The number of benzene rings is 1. The summed E-state index contributed by atoms with van der Waals surface area (Å²) in [5.74, 6) is 0. The molecular weight excluding hydrogens is 598 g/mol. The van der Waals surface area contributed by atoms with E-state index >= 15 is 0 Å². The fraction of sp³-hybridized carbons (Fsp3) is 0.818. The van der Waals surface area contributed by atoms with Gasteiger partial charge in [0.05, 0.1) is 6.04 Å². The molecule has 38 heavy (non-hydrogen) atoms. The Morgan fingerprint density at radius 3 is 1.34 bits per heavy atom. The van der Waals surface area contributed by atoms with Gasteiger partial charge in [-0.1, -0.05) is 160 Å². The number of hydrogen-bond acceptors (Lipinski definition) is 2. The number of fused-ring (bicyclic) bond motifs is 1. The highest BCUT2D eigenvalue weighted by Crippen LogP contribution is 2.33. The van der Waals surface area contributed by atoms with Gasteiger partial charge in [0.15, 0.2) is 0 Å². The molecule has 1 heterocycles. The summed E-state index contributed by atoms with van der Waals surface area (Å²) < 4.78 is 4.37. The molecule has 0 N–H and O–H groups in total. The van der Waals surface area contributed by atoms with Crippen molar-refractivity contribution in [3.05, 3.63) is 21.1 Å². The molecule has 2 rings (SSSR count). The molecule has 0 amide bonds. The molecule has 5 heteroatoms. The fourth-order valence-corrected chi connectivity index (χ4v) is 6.61. The summed E-state index contributed by atoms with van der Waals surface area (Å²) in [6, 6.07) is 4.63. The van der Waals surface area contributed by atoms with Gasteiger partial charge in [0.25, 0.3) is 0 Å². The quantitative estimate of drug-likeness (QED) is 0.0997. The van der Waals surface area contributed by atoms with Gasteiger partial charge in [-0.25, -0.2) is 4.68 Å². The highest BCUT2D eigenvalue weighted by Gasteiger charge is 2.19. The topological polar surface area (TPSA) is 30.7 Å². The van der Waals surface area contributed by atoms with Crippen LogP contribution in [0.5, 0.6) is 0 Å². The van der Waals surface area contributed by atoms with Gasteiger partial charge >= 0.3 is 0 Å². The molecule has 0 saturated carbocycles. The molecule has 0 fully saturated rings. The molecule has 0 bridgehead atoms. The Bertz CT molecular complexity index is 835. The zero-order valence-electron chi connectivity index (χ0n) is 24.8. The van der Waals surface area contributed by atoms with Crippen molar-refractivity contribution >= 4 is 42.9 Å². The van der Waals surface area contributed by atoms with E-state index in [1.165, 1.54) is 154 Å². The Morgan fingerprint density at radius 1 is 0.553 bits per heavy atom. The summed E-state index contributed by atoms with van der Waals surface area (Å²) in [4.78, 5) is 0. The smallest absolute Gasteiger partial charge is 0.128 e. The highest BCUT2D eigenvalue weighted by molar-refractivity contribution is 9.11. The lowest BCUT2D eigenvalue weighted by Gasteiger charge is -2.18. The Balaban J connectivity index is 1.72. The van der Waals surface area contributed by atoms with Crippen LogP contribution < -0.4 is 0 Å². The van der Waals surface area contributed by atoms with Crippen LogP contribution in [-0.4, -0.2) is 15.0 Å². The van der Waals surface area contributed by atoms with Crippen molar-refractivity contribution in [2.24, 2.45) is 0 Å². The molecule has 0 saturated heterocycles. The second-order valence-corrected chi connectivity index (χ2v) is 13.3. The molecule has 1 unspecified atom stereocenters. The molecule has 2 aromatic rings. The van der Waals surface area contributed by atoms with Crippen LogP contribution in [0.2, 0.25) is 0 Å². The lowest BCUT2D eigenvalue weighted by molar-refractivity contribution is 0.367. The first-order valence-electron chi connectivity index (χ1n) is 16.4. The van der Waals surface area contributed by atoms with Crippen molar-refractivity contribution in [3.63, 3.8) is 0 Å². The first-order valence-corrected chi connectivity index (χ1v) is 18.0. The van der Waals surface area contributed by atoms with E-state index in [-0.39, 0.29) is 0 Å². The number of aromatic nitrogens is 3. The summed E-state index contributed by atoms with van der Waals surface area (Å²) in [6.45, 7) is 4.59. The standard InChI is InChI=1S/C33H57Br2N3/c1-3-5-7-9-11-13-15-16-18-20-22-24-26-29(25-23-21-19-17-14-12-10-8-6-4-2)38-33-31(35)28-27-30(34)32(33)36-37-38/h27-29H,3-26H2,1-2H3. The van der Waals surface area contributed by atoms with Crippen molar-refractivity contribution in [3.8, 4) is 0 Å². The third-order valence-electron chi connectivity index (χ3n) is 8.15. The van der Waals surface area contributed by atoms with Crippen molar-refractivity contribution < 1.29 is 0 Å². The maximum absolute atomic E-state index is 4.66. The highest BCUT2D eigenvalue weighted by atomic mass is 79.9. The zero-order valence-corrected chi connectivity index (χ0v) is 28.0. The van der Waals surface area contributed by atoms with Gasteiger partial charge in [-0.05, 0) is 56.8 Å². The Kier molecular flexibility index (Phi) is 19.8. The number of halogens is 2. The van der Waals surface area contributed by atoms with Crippen LogP contribution in [0.15, 0.2) is 21.1 Å². The van der Waals surface area contributed by atoms with E-state index in [1.807, 2.05) is 0 Å². The lowest BCUT2D eigenvalue weighted by atomic mass is 9.99. The van der Waals surface area contributed by atoms with Gasteiger partial charge in [0.2, 0.25) is 0 Å². The summed E-state index contributed by atoms with van der Waals surface area (Å²) in [5.41, 5.74) is 2.12. The average Bonchev–Trinajstić information content (AvgIpc) is 3.38. The Hall–Kier alpha value is -0.420. The number of nitrogens with zero attached hydrogens (tertiary/aromatic N) is 3. The first kappa shape index (κ1) is 33.8. The predicted molar refractivity (Wildman–Crippen MR) is 174 cm³/mol. The number of hydrogen-bond donors (Lipinski definition) is 0. The largest absolute Gasteiger partial charge is 0.240 e.